The van der Waals surface area contributed by atoms with Crippen LogP contribution in [-0.4, -0.2) is 22.7 Å². The van der Waals surface area contributed by atoms with Gasteiger partial charge in [0.2, 0.25) is 0 Å². The molecule has 2 unspecified atom stereocenters. The summed E-state index contributed by atoms with van der Waals surface area (Å²) in [4.78, 5) is 10.4. The van der Waals surface area contributed by atoms with Crippen LogP contribution in [0, 0.1) is 25.4 Å². The molecule has 5 nitrogen and oxygen atoms in total. The summed E-state index contributed by atoms with van der Waals surface area (Å²) in [5, 5.41) is 23.5. The summed E-state index contributed by atoms with van der Waals surface area (Å²) < 4.78 is 13.7. The topological polar surface area (TPSA) is 75.4 Å². The van der Waals surface area contributed by atoms with E-state index < -0.39 is 10.7 Å². The minimum Gasteiger partial charge on any atom is -0.393 e. The van der Waals surface area contributed by atoms with Crippen molar-refractivity contribution in [1.29, 1.82) is 0 Å². The van der Waals surface area contributed by atoms with Crippen LogP contribution in [0.1, 0.15) is 19.3 Å². The molecular weight excluding hydrogens is 366 g/mol. The summed E-state index contributed by atoms with van der Waals surface area (Å²) in [5.74, 6) is -0.414. The van der Waals surface area contributed by atoms with Crippen molar-refractivity contribution < 1.29 is 14.4 Å². The molecule has 1 aliphatic rings. The molecular formula is C12H14FIN2O3. The molecule has 0 bridgehead atoms. The van der Waals surface area contributed by atoms with Gasteiger partial charge in [-0.25, -0.2) is 4.39 Å². The van der Waals surface area contributed by atoms with E-state index in [1.54, 1.807) is 22.6 Å². The maximum atomic E-state index is 13.5. The number of nitro benzene ring substituents is 1. The molecule has 0 spiro atoms. The Bertz CT molecular complexity index is 498. The van der Waals surface area contributed by atoms with E-state index in [-0.39, 0.29) is 27.0 Å². The number of hydrogen-bond donors (Lipinski definition) is 2. The third-order valence-electron chi connectivity index (χ3n) is 3.41. The van der Waals surface area contributed by atoms with Gasteiger partial charge in [0.25, 0.3) is 5.69 Å². The average molecular weight is 380 g/mol. The van der Waals surface area contributed by atoms with E-state index in [0.29, 0.717) is 6.54 Å². The van der Waals surface area contributed by atoms with Gasteiger partial charge in [0.15, 0.2) is 0 Å². The maximum absolute atomic E-state index is 13.5. The molecule has 2 atom stereocenters. The second kappa shape index (κ2) is 6.00. The molecule has 104 valence electrons. The number of nitro groups is 1. The second-order valence-electron chi connectivity index (χ2n) is 4.68. The van der Waals surface area contributed by atoms with Gasteiger partial charge < -0.3 is 10.4 Å². The average Bonchev–Trinajstić information content (AvgIpc) is 2.75. The van der Waals surface area contributed by atoms with Gasteiger partial charge in [-0.05, 0) is 35.4 Å². The van der Waals surface area contributed by atoms with Crippen LogP contribution in [0.25, 0.3) is 0 Å². The van der Waals surface area contributed by atoms with E-state index in [0.717, 1.165) is 25.3 Å². The van der Waals surface area contributed by atoms with Crippen molar-refractivity contribution in [2.75, 3.05) is 11.9 Å². The zero-order chi connectivity index (χ0) is 14.0. The SMILES string of the molecule is O=[N+]([O-])c1cc(I)c(F)cc1NCC1CCCC1O. The summed E-state index contributed by atoms with van der Waals surface area (Å²) in [6.45, 7) is 0.419. The van der Waals surface area contributed by atoms with Crippen LogP contribution in [0.3, 0.4) is 0 Å². The molecule has 0 heterocycles. The maximum Gasteiger partial charge on any atom is 0.293 e. The zero-order valence-corrected chi connectivity index (χ0v) is 12.3. The number of rotatable bonds is 4. The normalized spacial score (nSPS) is 22.5. The lowest BCUT2D eigenvalue weighted by atomic mass is 10.1. The Morgan fingerprint density at radius 3 is 2.84 bits per heavy atom. The largest absolute Gasteiger partial charge is 0.393 e. The number of nitrogens with one attached hydrogen (secondary N) is 1. The van der Waals surface area contributed by atoms with Crippen LogP contribution < -0.4 is 5.32 Å². The number of hydrogen-bond acceptors (Lipinski definition) is 4. The minimum atomic E-state index is -0.533. The first-order chi connectivity index (χ1) is 8.99. The monoisotopic (exact) mass is 380 g/mol. The Hall–Kier alpha value is -0.960. The molecule has 2 N–H and O–H groups in total. The standard InChI is InChI=1S/C12H14FIN2O3/c13-8-4-10(11(16(18)19)5-9(8)14)15-6-7-2-1-3-12(7)17/h4-5,7,12,15,17H,1-3,6H2. The van der Waals surface area contributed by atoms with Crippen molar-refractivity contribution >= 4 is 34.0 Å². The van der Waals surface area contributed by atoms with Crippen molar-refractivity contribution in [3.63, 3.8) is 0 Å². The first kappa shape index (κ1) is 14.4. The second-order valence-corrected chi connectivity index (χ2v) is 5.84. The molecule has 1 aromatic rings. The van der Waals surface area contributed by atoms with Gasteiger partial charge in [-0.2, -0.15) is 0 Å². The highest BCUT2D eigenvalue weighted by atomic mass is 127. The fraction of sp³-hybridized carbons (Fsp3) is 0.500. The molecule has 7 heteroatoms. The molecule has 1 aliphatic carbocycles. The summed E-state index contributed by atoms with van der Waals surface area (Å²) >= 11 is 1.72. The Labute approximate surface area is 123 Å². The molecule has 0 saturated heterocycles. The molecule has 1 saturated carbocycles. The lowest BCUT2D eigenvalue weighted by Crippen LogP contribution is -2.22. The first-order valence-electron chi connectivity index (χ1n) is 6.04. The van der Waals surface area contributed by atoms with E-state index in [1.807, 2.05) is 0 Å². The zero-order valence-electron chi connectivity index (χ0n) is 10.1. The van der Waals surface area contributed by atoms with Crippen LogP contribution in [0.5, 0.6) is 0 Å². The van der Waals surface area contributed by atoms with E-state index in [9.17, 15) is 19.6 Å². The summed E-state index contributed by atoms with van der Waals surface area (Å²) in [7, 11) is 0. The van der Waals surface area contributed by atoms with Gasteiger partial charge >= 0.3 is 0 Å². The Kier molecular flexibility index (Phi) is 4.56. The van der Waals surface area contributed by atoms with Gasteiger partial charge in [0, 0.05) is 24.6 Å². The number of anilines is 1. The van der Waals surface area contributed by atoms with Crippen molar-refractivity contribution in [2.45, 2.75) is 25.4 Å². The third-order valence-corrected chi connectivity index (χ3v) is 4.24. The van der Waals surface area contributed by atoms with E-state index in [4.69, 9.17) is 0 Å². The van der Waals surface area contributed by atoms with Crippen LogP contribution in [0.15, 0.2) is 12.1 Å². The first-order valence-corrected chi connectivity index (χ1v) is 7.12. The van der Waals surface area contributed by atoms with Gasteiger partial charge in [-0.15, -0.1) is 0 Å². The third kappa shape index (κ3) is 3.33. The quantitative estimate of drug-likeness (QED) is 0.479. The Morgan fingerprint density at radius 1 is 1.53 bits per heavy atom. The fourth-order valence-electron chi connectivity index (χ4n) is 2.33. The number of halogens is 2. The van der Waals surface area contributed by atoms with E-state index in [2.05, 4.69) is 5.32 Å². The summed E-state index contributed by atoms with van der Waals surface area (Å²) in [6.07, 6.45) is 2.22. The lowest BCUT2D eigenvalue weighted by molar-refractivity contribution is -0.384. The smallest absolute Gasteiger partial charge is 0.293 e. The highest BCUT2D eigenvalue weighted by Crippen LogP contribution is 2.31. The molecule has 0 amide bonds. The summed E-state index contributed by atoms with van der Waals surface area (Å²) in [6, 6.07) is 2.35. The molecule has 0 aromatic heterocycles. The number of nitrogens with zero attached hydrogens (tertiary/aromatic N) is 1. The fourth-order valence-corrected chi connectivity index (χ4v) is 2.78. The molecule has 1 aromatic carbocycles. The Balaban J connectivity index is 2.14. The van der Waals surface area contributed by atoms with Crippen molar-refractivity contribution in [2.24, 2.45) is 5.92 Å². The molecule has 1 fully saturated rings. The lowest BCUT2D eigenvalue weighted by Gasteiger charge is -2.16. The van der Waals surface area contributed by atoms with E-state index >= 15 is 0 Å². The van der Waals surface area contributed by atoms with Crippen molar-refractivity contribution in [3.05, 3.63) is 31.6 Å². The Morgan fingerprint density at radius 2 is 2.26 bits per heavy atom. The van der Waals surface area contributed by atoms with Crippen molar-refractivity contribution in [1.82, 2.24) is 0 Å². The molecule has 0 aliphatic heterocycles. The minimum absolute atomic E-state index is 0.0712. The molecule has 0 radical (unpaired) electrons. The van der Waals surface area contributed by atoms with Gasteiger partial charge in [-0.3, -0.25) is 10.1 Å². The highest BCUT2D eigenvalue weighted by molar-refractivity contribution is 14.1. The van der Waals surface area contributed by atoms with Gasteiger partial charge in [-0.1, -0.05) is 6.42 Å². The highest BCUT2D eigenvalue weighted by Gasteiger charge is 2.26. The predicted molar refractivity (Wildman–Crippen MR) is 77.6 cm³/mol. The van der Waals surface area contributed by atoms with Crippen LogP contribution in [0.4, 0.5) is 15.8 Å². The van der Waals surface area contributed by atoms with Crippen LogP contribution >= 0.6 is 22.6 Å². The van der Waals surface area contributed by atoms with Gasteiger partial charge in [0.1, 0.15) is 11.5 Å². The molecule has 19 heavy (non-hydrogen) atoms. The van der Waals surface area contributed by atoms with Crippen LogP contribution in [0.2, 0.25) is 0 Å². The van der Waals surface area contributed by atoms with Crippen LogP contribution in [-0.2, 0) is 0 Å². The van der Waals surface area contributed by atoms with Gasteiger partial charge in [0.05, 0.1) is 14.6 Å². The number of aliphatic hydroxyl groups excluding tert-OH is 1. The molecule has 2 rings (SSSR count). The number of aliphatic hydroxyl groups is 1. The predicted octanol–water partition coefficient (Wildman–Crippen LogP) is 2.91. The summed E-state index contributed by atoms with van der Waals surface area (Å²) in [5.41, 5.74) is 0.0281. The van der Waals surface area contributed by atoms with Crippen molar-refractivity contribution in [3.8, 4) is 0 Å². The van der Waals surface area contributed by atoms with E-state index in [1.165, 1.54) is 6.07 Å². The number of benzene rings is 1.